The Morgan fingerprint density at radius 3 is 2.54 bits per heavy atom. The Morgan fingerprint density at radius 1 is 1.00 bits per heavy atom. The van der Waals surface area contributed by atoms with Crippen molar-refractivity contribution in [3.05, 3.63) is 76.6 Å². The first-order chi connectivity index (χ1) is 18.7. The number of hydrogen-bond acceptors (Lipinski definition) is 8. The number of carbonyl (C=O) groups is 2. The quantitative estimate of drug-likeness (QED) is 0.334. The summed E-state index contributed by atoms with van der Waals surface area (Å²) < 4.78 is 39.6. The lowest BCUT2D eigenvalue weighted by Crippen LogP contribution is -2.37. The van der Waals surface area contributed by atoms with Crippen LogP contribution in [0.4, 0.5) is 23.9 Å². The molecule has 2 amide bonds. The van der Waals surface area contributed by atoms with E-state index in [0.29, 0.717) is 34.3 Å². The van der Waals surface area contributed by atoms with E-state index in [1.54, 1.807) is 36.7 Å². The van der Waals surface area contributed by atoms with Crippen LogP contribution in [0.15, 0.2) is 59.8 Å². The maximum atomic E-state index is 13.2. The number of rotatable bonds is 7. The van der Waals surface area contributed by atoms with Gasteiger partial charge in [-0.3, -0.25) is 19.9 Å². The molecule has 8 nitrogen and oxygen atoms in total. The molecule has 39 heavy (non-hydrogen) atoms. The van der Waals surface area contributed by atoms with E-state index in [0.717, 1.165) is 55.1 Å². The monoisotopic (exact) mass is 554 g/mol. The van der Waals surface area contributed by atoms with Gasteiger partial charge in [-0.05, 0) is 73.4 Å². The standard InChI is InChI=1S/C27H25F3N6O2S/c28-27(29,30)18-5-1-3-16(13-18)23-17(4-2-11-31-23)15-33-19-6-8-20(9-7-19)34-25-32-12-10-21(35-25)14-22-24(37)36-26(38)39-22/h1-5,10-14,19-20,33H,6-9,15H2,(H,32,34,35)(H,36,37,38)/b22-14-. The van der Waals surface area contributed by atoms with Crippen molar-refractivity contribution in [2.75, 3.05) is 5.32 Å². The third-order valence-corrected chi connectivity index (χ3v) is 7.40. The Kier molecular flexibility index (Phi) is 7.94. The maximum absolute atomic E-state index is 13.2. The van der Waals surface area contributed by atoms with Gasteiger partial charge in [0.1, 0.15) is 0 Å². The first-order valence-electron chi connectivity index (χ1n) is 12.4. The molecule has 2 aromatic heterocycles. The zero-order valence-corrected chi connectivity index (χ0v) is 21.5. The Morgan fingerprint density at radius 2 is 1.79 bits per heavy atom. The van der Waals surface area contributed by atoms with E-state index in [2.05, 4.69) is 30.9 Å². The Bertz CT molecular complexity index is 1410. The third-order valence-electron chi connectivity index (χ3n) is 6.59. The largest absolute Gasteiger partial charge is 0.416 e. The average molecular weight is 555 g/mol. The van der Waals surface area contributed by atoms with Crippen molar-refractivity contribution in [3.63, 3.8) is 0 Å². The minimum absolute atomic E-state index is 0.177. The summed E-state index contributed by atoms with van der Waals surface area (Å²) in [6.07, 6.45) is 3.91. The van der Waals surface area contributed by atoms with Crippen LogP contribution in [0.2, 0.25) is 0 Å². The van der Waals surface area contributed by atoms with Gasteiger partial charge >= 0.3 is 6.18 Å². The minimum Gasteiger partial charge on any atom is -0.351 e. The predicted molar refractivity (Wildman–Crippen MR) is 142 cm³/mol. The minimum atomic E-state index is -4.41. The van der Waals surface area contributed by atoms with E-state index in [4.69, 9.17) is 0 Å². The van der Waals surface area contributed by atoms with Crippen LogP contribution in [0.3, 0.4) is 0 Å². The first kappa shape index (κ1) is 26.8. The summed E-state index contributed by atoms with van der Waals surface area (Å²) in [6.45, 7) is 0.496. The highest BCUT2D eigenvalue weighted by molar-refractivity contribution is 8.18. The number of imide groups is 1. The number of halogens is 3. The maximum Gasteiger partial charge on any atom is 0.416 e. The van der Waals surface area contributed by atoms with Crippen molar-refractivity contribution < 1.29 is 22.8 Å². The van der Waals surface area contributed by atoms with Gasteiger partial charge in [-0.2, -0.15) is 13.2 Å². The molecule has 1 saturated heterocycles. The number of carbonyl (C=O) groups excluding carboxylic acids is 2. The lowest BCUT2D eigenvalue weighted by Gasteiger charge is -2.30. The molecule has 5 rings (SSSR count). The summed E-state index contributed by atoms with van der Waals surface area (Å²) >= 11 is 0.839. The van der Waals surface area contributed by atoms with Gasteiger partial charge in [0.2, 0.25) is 5.95 Å². The van der Waals surface area contributed by atoms with E-state index in [1.807, 2.05) is 6.07 Å². The number of nitrogens with zero attached hydrogens (tertiary/aromatic N) is 3. The van der Waals surface area contributed by atoms with E-state index in [-0.39, 0.29) is 12.1 Å². The lowest BCUT2D eigenvalue weighted by atomic mass is 9.91. The summed E-state index contributed by atoms with van der Waals surface area (Å²) in [5, 5.41) is 8.71. The molecule has 202 valence electrons. The van der Waals surface area contributed by atoms with Crippen molar-refractivity contribution in [3.8, 4) is 11.3 Å². The number of amides is 2. The van der Waals surface area contributed by atoms with Crippen LogP contribution in [-0.4, -0.2) is 38.2 Å². The zero-order valence-electron chi connectivity index (χ0n) is 20.7. The highest BCUT2D eigenvalue weighted by atomic mass is 32.2. The molecule has 1 saturated carbocycles. The van der Waals surface area contributed by atoms with Gasteiger partial charge in [-0.1, -0.05) is 18.2 Å². The summed E-state index contributed by atoms with van der Waals surface area (Å²) in [5.74, 6) is 0.0220. The molecule has 2 aliphatic rings. The summed E-state index contributed by atoms with van der Waals surface area (Å²) in [4.78, 5) is 36.5. The molecule has 3 heterocycles. The molecule has 1 aliphatic carbocycles. The van der Waals surface area contributed by atoms with Gasteiger partial charge in [-0.15, -0.1) is 0 Å². The number of hydrogen-bond donors (Lipinski definition) is 3. The fraction of sp³-hybridized carbons (Fsp3) is 0.296. The molecular weight excluding hydrogens is 529 g/mol. The summed E-state index contributed by atoms with van der Waals surface area (Å²) in [6, 6.07) is 11.0. The topological polar surface area (TPSA) is 109 Å². The van der Waals surface area contributed by atoms with E-state index in [1.165, 1.54) is 6.07 Å². The molecule has 3 aromatic rings. The van der Waals surface area contributed by atoms with Gasteiger partial charge < -0.3 is 10.6 Å². The van der Waals surface area contributed by atoms with E-state index < -0.39 is 22.9 Å². The molecule has 0 spiro atoms. The van der Waals surface area contributed by atoms with E-state index in [9.17, 15) is 22.8 Å². The van der Waals surface area contributed by atoms with Crippen LogP contribution >= 0.6 is 11.8 Å². The van der Waals surface area contributed by atoms with Gasteiger partial charge in [0, 0.05) is 36.6 Å². The smallest absolute Gasteiger partial charge is 0.351 e. The van der Waals surface area contributed by atoms with Crippen molar-refractivity contribution in [1.82, 2.24) is 25.6 Å². The van der Waals surface area contributed by atoms with Crippen LogP contribution in [0, 0.1) is 0 Å². The van der Waals surface area contributed by atoms with Crippen LogP contribution in [0.1, 0.15) is 42.5 Å². The number of aromatic nitrogens is 3. The van der Waals surface area contributed by atoms with Crippen molar-refractivity contribution in [2.24, 2.45) is 0 Å². The molecule has 12 heteroatoms. The molecule has 2 fully saturated rings. The number of benzene rings is 1. The van der Waals surface area contributed by atoms with Crippen molar-refractivity contribution in [2.45, 2.75) is 50.5 Å². The number of alkyl halides is 3. The van der Waals surface area contributed by atoms with Gasteiger partial charge in [0.15, 0.2) is 0 Å². The fourth-order valence-electron chi connectivity index (χ4n) is 4.64. The van der Waals surface area contributed by atoms with Crippen LogP contribution in [-0.2, 0) is 17.5 Å². The summed E-state index contributed by atoms with van der Waals surface area (Å²) in [5.41, 5.74) is 1.65. The molecule has 1 aromatic carbocycles. The normalized spacial score (nSPS) is 20.7. The highest BCUT2D eigenvalue weighted by Gasteiger charge is 2.31. The van der Waals surface area contributed by atoms with Crippen LogP contribution < -0.4 is 16.0 Å². The average Bonchev–Trinajstić information content (AvgIpc) is 3.24. The van der Waals surface area contributed by atoms with Crippen molar-refractivity contribution >= 4 is 34.9 Å². The zero-order chi connectivity index (χ0) is 27.4. The predicted octanol–water partition coefficient (Wildman–Crippen LogP) is 5.39. The molecule has 0 radical (unpaired) electrons. The second-order valence-corrected chi connectivity index (χ2v) is 10.3. The number of thioether (sulfide) groups is 1. The Balaban J connectivity index is 1.16. The third kappa shape index (κ3) is 6.82. The molecule has 0 bridgehead atoms. The molecule has 1 aliphatic heterocycles. The molecule has 0 atom stereocenters. The van der Waals surface area contributed by atoms with Gasteiger partial charge in [0.25, 0.3) is 11.1 Å². The van der Waals surface area contributed by atoms with E-state index >= 15 is 0 Å². The number of nitrogens with one attached hydrogen (secondary N) is 3. The van der Waals surface area contributed by atoms with Crippen LogP contribution in [0.5, 0.6) is 0 Å². The fourth-order valence-corrected chi connectivity index (χ4v) is 5.31. The Hall–Kier alpha value is -3.77. The van der Waals surface area contributed by atoms with Gasteiger partial charge in [-0.25, -0.2) is 9.97 Å². The second kappa shape index (κ2) is 11.5. The highest BCUT2D eigenvalue weighted by Crippen LogP contribution is 2.33. The first-order valence-corrected chi connectivity index (χ1v) is 13.3. The van der Waals surface area contributed by atoms with Crippen molar-refractivity contribution in [1.29, 1.82) is 0 Å². The Labute approximate surface area is 226 Å². The number of anilines is 1. The summed E-state index contributed by atoms with van der Waals surface area (Å²) in [7, 11) is 0. The molecule has 0 unspecified atom stereocenters. The van der Waals surface area contributed by atoms with Gasteiger partial charge in [0.05, 0.1) is 21.9 Å². The van der Waals surface area contributed by atoms with Crippen LogP contribution in [0.25, 0.3) is 17.3 Å². The number of pyridine rings is 1. The SMILES string of the molecule is O=C1NC(=O)/C(=C/c2ccnc(NC3CCC(NCc4cccnc4-c4cccc(C(F)(F)F)c4)CC3)n2)S1. The second-order valence-electron chi connectivity index (χ2n) is 9.32. The lowest BCUT2D eigenvalue weighted by molar-refractivity contribution is -0.137. The molecular formula is C27H25F3N6O2S. The molecule has 3 N–H and O–H groups in total.